The summed E-state index contributed by atoms with van der Waals surface area (Å²) in [5, 5.41) is 14.3. The highest BCUT2D eigenvalue weighted by atomic mass is 35.5. The van der Waals surface area contributed by atoms with Crippen molar-refractivity contribution in [1.29, 1.82) is 0 Å². The van der Waals surface area contributed by atoms with Crippen molar-refractivity contribution in [2.45, 2.75) is 57.4 Å². The van der Waals surface area contributed by atoms with Gasteiger partial charge in [-0.1, -0.05) is 61.5 Å². The predicted molar refractivity (Wildman–Crippen MR) is 122 cm³/mol. The SMILES string of the molecule is O=C(O)CCc1ccc(C[C@H](CC2CCCC2)n2cc(-c3ccccc3Cl)cn2)nc1. The second-order valence-corrected chi connectivity index (χ2v) is 8.89. The number of nitrogens with zero attached hydrogens (tertiary/aromatic N) is 3. The van der Waals surface area contributed by atoms with E-state index in [0.29, 0.717) is 6.42 Å². The van der Waals surface area contributed by atoms with Gasteiger partial charge in [0.25, 0.3) is 0 Å². The molecule has 2 aromatic heterocycles. The molecule has 1 aliphatic carbocycles. The zero-order valence-electron chi connectivity index (χ0n) is 17.6. The number of halogens is 1. The van der Waals surface area contributed by atoms with Gasteiger partial charge in [0.2, 0.25) is 0 Å². The number of benzene rings is 1. The Balaban J connectivity index is 1.52. The van der Waals surface area contributed by atoms with E-state index in [9.17, 15) is 4.79 Å². The van der Waals surface area contributed by atoms with Crippen LogP contribution in [-0.2, 0) is 17.6 Å². The third kappa shape index (κ3) is 5.73. The van der Waals surface area contributed by atoms with Crippen LogP contribution in [0.2, 0.25) is 5.02 Å². The van der Waals surface area contributed by atoms with Crippen molar-refractivity contribution in [3.8, 4) is 11.1 Å². The van der Waals surface area contributed by atoms with Crippen LogP contribution in [0, 0.1) is 5.92 Å². The van der Waals surface area contributed by atoms with Crippen molar-refractivity contribution in [3.05, 3.63) is 71.3 Å². The molecule has 1 N–H and O–H groups in total. The van der Waals surface area contributed by atoms with Crippen LogP contribution in [0.5, 0.6) is 0 Å². The lowest BCUT2D eigenvalue weighted by atomic mass is 9.95. The van der Waals surface area contributed by atoms with Gasteiger partial charge in [-0.3, -0.25) is 14.5 Å². The van der Waals surface area contributed by atoms with E-state index in [1.165, 1.54) is 25.7 Å². The van der Waals surface area contributed by atoms with Crippen LogP contribution in [-0.4, -0.2) is 25.8 Å². The summed E-state index contributed by atoms with van der Waals surface area (Å²) in [4.78, 5) is 15.4. The molecule has 5 nitrogen and oxygen atoms in total. The van der Waals surface area contributed by atoms with Gasteiger partial charge in [0, 0.05) is 47.1 Å². The van der Waals surface area contributed by atoms with E-state index in [0.717, 1.165) is 46.2 Å². The smallest absolute Gasteiger partial charge is 0.303 e. The Labute approximate surface area is 188 Å². The first-order valence-corrected chi connectivity index (χ1v) is 11.4. The topological polar surface area (TPSA) is 68.0 Å². The van der Waals surface area contributed by atoms with E-state index in [4.69, 9.17) is 21.8 Å². The van der Waals surface area contributed by atoms with Crippen LogP contribution < -0.4 is 0 Å². The van der Waals surface area contributed by atoms with E-state index in [-0.39, 0.29) is 12.5 Å². The number of aryl methyl sites for hydroxylation is 1. The lowest BCUT2D eigenvalue weighted by molar-refractivity contribution is -0.136. The fraction of sp³-hybridized carbons (Fsp3) is 0.400. The van der Waals surface area contributed by atoms with Gasteiger partial charge >= 0.3 is 5.97 Å². The Morgan fingerprint density at radius 2 is 1.97 bits per heavy atom. The first-order valence-electron chi connectivity index (χ1n) is 11.0. The van der Waals surface area contributed by atoms with Crippen molar-refractivity contribution < 1.29 is 9.90 Å². The summed E-state index contributed by atoms with van der Waals surface area (Å²) in [6.45, 7) is 0. The predicted octanol–water partition coefficient (Wildman–Crippen LogP) is 5.98. The van der Waals surface area contributed by atoms with E-state index in [2.05, 4.69) is 15.9 Å². The minimum absolute atomic E-state index is 0.128. The van der Waals surface area contributed by atoms with E-state index in [1.54, 1.807) is 0 Å². The van der Waals surface area contributed by atoms with Gasteiger partial charge in [0.1, 0.15) is 0 Å². The molecule has 1 fully saturated rings. The molecule has 1 aromatic carbocycles. The first kappa shape index (κ1) is 21.6. The highest BCUT2D eigenvalue weighted by Crippen LogP contribution is 2.34. The zero-order chi connectivity index (χ0) is 21.6. The Kier molecular flexibility index (Phi) is 7.03. The second kappa shape index (κ2) is 10.1. The van der Waals surface area contributed by atoms with E-state index >= 15 is 0 Å². The van der Waals surface area contributed by atoms with Crippen LogP contribution in [0.4, 0.5) is 0 Å². The summed E-state index contributed by atoms with van der Waals surface area (Å²) in [7, 11) is 0. The third-order valence-corrected chi connectivity index (χ3v) is 6.53. The molecular weight excluding hydrogens is 410 g/mol. The summed E-state index contributed by atoms with van der Waals surface area (Å²) in [6.07, 6.45) is 13.5. The zero-order valence-corrected chi connectivity index (χ0v) is 18.3. The van der Waals surface area contributed by atoms with Crippen LogP contribution in [0.15, 0.2) is 55.0 Å². The fourth-order valence-electron chi connectivity index (χ4n) is 4.50. The molecule has 162 valence electrons. The van der Waals surface area contributed by atoms with E-state index in [1.807, 2.05) is 48.8 Å². The van der Waals surface area contributed by atoms with Gasteiger partial charge in [-0.05, 0) is 36.5 Å². The average molecular weight is 438 g/mol. The van der Waals surface area contributed by atoms with Crippen molar-refractivity contribution in [2.75, 3.05) is 0 Å². The molecule has 0 spiro atoms. The molecule has 1 atom stereocenters. The first-order chi connectivity index (χ1) is 15.1. The quantitative estimate of drug-likeness (QED) is 0.447. The molecule has 0 unspecified atom stereocenters. The minimum Gasteiger partial charge on any atom is -0.481 e. The van der Waals surface area contributed by atoms with Crippen LogP contribution >= 0.6 is 11.6 Å². The van der Waals surface area contributed by atoms with Crippen molar-refractivity contribution in [2.24, 2.45) is 5.92 Å². The maximum absolute atomic E-state index is 10.8. The lowest BCUT2D eigenvalue weighted by Crippen LogP contribution is -2.16. The number of carboxylic acid groups (broad SMARTS) is 1. The Hall–Kier alpha value is -2.66. The Morgan fingerprint density at radius 1 is 1.16 bits per heavy atom. The molecule has 1 saturated carbocycles. The molecule has 0 amide bonds. The average Bonchev–Trinajstić information content (AvgIpc) is 3.45. The van der Waals surface area contributed by atoms with Crippen molar-refractivity contribution >= 4 is 17.6 Å². The van der Waals surface area contributed by atoms with Crippen molar-refractivity contribution in [1.82, 2.24) is 14.8 Å². The van der Waals surface area contributed by atoms with E-state index < -0.39 is 5.97 Å². The number of aliphatic carboxylic acids is 1. The Bertz CT molecular complexity index is 1010. The normalized spacial score (nSPS) is 15.3. The molecule has 1 aliphatic rings. The number of rotatable bonds is 9. The number of pyridine rings is 1. The molecule has 6 heteroatoms. The van der Waals surface area contributed by atoms with Crippen molar-refractivity contribution in [3.63, 3.8) is 0 Å². The minimum atomic E-state index is -0.784. The molecule has 4 rings (SSSR count). The maximum atomic E-state index is 10.8. The summed E-state index contributed by atoms with van der Waals surface area (Å²) in [5.74, 6) is -0.0542. The molecule has 0 saturated heterocycles. The Morgan fingerprint density at radius 3 is 2.68 bits per heavy atom. The molecule has 0 bridgehead atoms. The molecule has 3 aromatic rings. The highest BCUT2D eigenvalue weighted by molar-refractivity contribution is 6.33. The summed E-state index contributed by atoms with van der Waals surface area (Å²) >= 11 is 6.39. The third-order valence-electron chi connectivity index (χ3n) is 6.20. The second-order valence-electron chi connectivity index (χ2n) is 8.48. The van der Waals surface area contributed by atoms with Crippen LogP contribution in [0.3, 0.4) is 0 Å². The largest absolute Gasteiger partial charge is 0.481 e. The monoisotopic (exact) mass is 437 g/mol. The van der Waals surface area contributed by atoms with Gasteiger partial charge < -0.3 is 5.11 Å². The number of aromatic nitrogens is 3. The maximum Gasteiger partial charge on any atom is 0.303 e. The lowest BCUT2D eigenvalue weighted by Gasteiger charge is -2.21. The van der Waals surface area contributed by atoms with Gasteiger partial charge in [0.05, 0.1) is 12.2 Å². The molecular formula is C25H28ClN3O2. The number of carbonyl (C=O) groups is 1. The molecule has 0 radical (unpaired) electrons. The van der Waals surface area contributed by atoms with Gasteiger partial charge in [-0.2, -0.15) is 5.10 Å². The summed E-state index contributed by atoms with van der Waals surface area (Å²) in [6, 6.07) is 12.1. The summed E-state index contributed by atoms with van der Waals surface area (Å²) < 4.78 is 2.08. The number of hydrogen-bond donors (Lipinski definition) is 1. The van der Waals surface area contributed by atoms with Gasteiger partial charge in [-0.25, -0.2) is 0 Å². The fourth-order valence-corrected chi connectivity index (χ4v) is 4.75. The molecule has 2 heterocycles. The highest BCUT2D eigenvalue weighted by Gasteiger charge is 2.23. The van der Waals surface area contributed by atoms with Crippen LogP contribution in [0.25, 0.3) is 11.1 Å². The molecule has 31 heavy (non-hydrogen) atoms. The number of hydrogen-bond acceptors (Lipinski definition) is 3. The van der Waals surface area contributed by atoms with Gasteiger partial charge in [-0.15, -0.1) is 0 Å². The summed E-state index contributed by atoms with van der Waals surface area (Å²) in [5.41, 5.74) is 3.99. The standard InChI is InChI=1S/C25H28ClN3O2/c26-24-8-4-3-7-23(24)20-16-28-29(17-20)22(13-18-5-1-2-6-18)14-21-11-9-19(15-27-21)10-12-25(30)31/h3-4,7-9,11,15-18,22H,1-2,5-6,10,12-14H2,(H,30,31)/t22-/m0/s1. The molecule has 0 aliphatic heterocycles. The number of carboxylic acids is 1. The van der Waals surface area contributed by atoms with Gasteiger partial charge in [0.15, 0.2) is 0 Å². The van der Waals surface area contributed by atoms with Crippen LogP contribution in [0.1, 0.15) is 55.8 Å².